The van der Waals surface area contributed by atoms with E-state index in [-0.39, 0.29) is 23.7 Å². The van der Waals surface area contributed by atoms with E-state index in [0.717, 1.165) is 0 Å². The molecule has 0 aliphatic carbocycles. The van der Waals surface area contributed by atoms with Crippen LogP contribution in [0.15, 0.2) is 21.8 Å². The fourth-order valence-corrected chi connectivity index (χ4v) is 1.73. The van der Waals surface area contributed by atoms with Crippen LogP contribution in [-0.4, -0.2) is 20.6 Å². The second-order valence-corrected chi connectivity index (χ2v) is 3.80. The summed E-state index contributed by atoms with van der Waals surface area (Å²) in [5.41, 5.74) is 1.08. The molecule has 3 heterocycles. The molecule has 7 nitrogen and oxygen atoms in total. The SMILES string of the molecule is Cc1cnc2n(c1=O)Cc1conc1C(=O)N2. The van der Waals surface area contributed by atoms with Gasteiger partial charge >= 0.3 is 0 Å². The predicted molar refractivity (Wildman–Crippen MR) is 56.8 cm³/mol. The monoisotopic (exact) mass is 232 g/mol. The lowest BCUT2D eigenvalue weighted by molar-refractivity contribution is 0.101. The van der Waals surface area contributed by atoms with Gasteiger partial charge in [-0.1, -0.05) is 5.16 Å². The Morgan fingerprint density at radius 1 is 1.47 bits per heavy atom. The molecule has 2 aromatic heterocycles. The Bertz CT molecular complexity index is 670. The van der Waals surface area contributed by atoms with Crippen molar-refractivity contribution in [3.05, 3.63) is 39.6 Å². The zero-order chi connectivity index (χ0) is 12.0. The Balaban J connectivity index is 2.26. The molecule has 1 aliphatic heterocycles. The number of amides is 1. The number of aryl methyl sites for hydroxylation is 1. The Morgan fingerprint density at radius 2 is 2.29 bits per heavy atom. The third-order valence-electron chi connectivity index (χ3n) is 2.63. The quantitative estimate of drug-likeness (QED) is 0.698. The Kier molecular flexibility index (Phi) is 1.88. The average molecular weight is 232 g/mol. The first kappa shape index (κ1) is 9.76. The molecule has 1 amide bonds. The minimum Gasteiger partial charge on any atom is -0.364 e. The van der Waals surface area contributed by atoms with Crippen molar-refractivity contribution in [3.8, 4) is 0 Å². The number of hydrogen-bond acceptors (Lipinski definition) is 5. The van der Waals surface area contributed by atoms with Crippen LogP contribution in [0.3, 0.4) is 0 Å². The van der Waals surface area contributed by atoms with Crippen LogP contribution in [0.25, 0.3) is 0 Å². The Hall–Kier alpha value is -2.44. The summed E-state index contributed by atoms with van der Waals surface area (Å²) >= 11 is 0. The summed E-state index contributed by atoms with van der Waals surface area (Å²) in [7, 11) is 0. The standard InChI is InChI=1S/C10H8N4O3/c1-5-2-11-10-12-8(15)7-6(4-17-13-7)3-14(10)9(5)16/h2,4H,3H2,1H3,(H,11,12,15). The number of hydrogen-bond donors (Lipinski definition) is 1. The lowest BCUT2D eigenvalue weighted by atomic mass is 10.2. The number of carbonyl (C=O) groups excluding carboxylic acids is 1. The second kappa shape index (κ2) is 3.27. The molecule has 1 N–H and O–H groups in total. The molecule has 0 bridgehead atoms. The van der Waals surface area contributed by atoms with Gasteiger partial charge in [-0.25, -0.2) is 4.98 Å². The fourth-order valence-electron chi connectivity index (χ4n) is 1.73. The van der Waals surface area contributed by atoms with Crippen LogP contribution in [0.4, 0.5) is 5.95 Å². The van der Waals surface area contributed by atoms with Gasteiger partial charge in [-0.2, -0.15) is 0 Å². The highest BCUT2D eigenvalue weighted by atomic mass is 16.5. The van der Waals surface area contributed by atoms with Crippen molar-refractivity contribution in [2.24, 2.45) is 0 Å². The van der Waals surface area contributed by atoms with E-state index < -0.39 is 5.91 Å². The normalized spacial score (nSPS) is 13.6. The van der Waals surface area contributed by atoms with Crippen molar-refractivity contribution in [1.29, 1.82) is 0 Å². The summed E-state index contributed by atoms with van der Waals surface area (Å²) in [6.45, 7) is 1.89. The van der Waals surface area contributed by atoms with E-state index in [0.29, 0.717) is 11.1 Å². The Labute approximate surface area is 95.1 Å². The lowest BCUT2D eigenvalue weighted by Gasteiger charge is -2.08. The van der Waals surface area contributed by atoms with Crippen molar-refractivity contribution in [1.82, 2.24) is 14.7 Å². The molecule has 0 unspecified atom stereocenters. The van der Waals surface area contributed by atoms with Crippen LogP contribution >= 0.6 is 0 Å². The van der Waals surface area contributed by atoms with Gasteiger partial charge in [-0.3, -0.25) is 19.5 Å². The summed E-state index contributed by atoms with van der Waals surface area (Å²) in [4.78, 5) is 27.7. The number of carbonyl (C=O) groups is 1. The lowest BCUT2D eigenvalue weighted by Crippen LogP contribution is -2.26. The van der Waals surface area contributed by atoms with E-state index >= 15 is 0 Å². The molecule has 86 valence electrons. The van der Waals surface area contributed by atoms with Gasteiger partial charge in [0.2, 0.25) is 5.95 Å². The highest BCUT2D eigenvalue weighted by Crippen LogP contribution is 2.16. The largest absolute Gasteiger partial charge is 0.364 e. The van der Waals surface area contributed by atoms with Crippen LogP contribution < -0.4 is 10.9 Å². The molecule has 0 atom stereocenters. The zero-order valence-corrected chi connectivity index (χ0v) is 8.93. The summed E-state index contributed by atoms with van der Waals surface area (Å²) in [6, 6.07) is 0. The maximum Gasteiger partial charge on any atom is 0.280 e. The number of aromatic nitrogens is 3. The smallest absolute Gasteiger partial charge is 0.280 e. The molecule has 0 fully saturated rings. The first-order valence-corrected chi connectivity index (χ1v) is 4.98. The average Bonchev–Trinajstić information content (AvgIpc) is 2.72. The predicted octanol–water partition coefficient (Wildman–Crippen LogP) is 0.154. The summed E-state index contributed by atoms with van der Waals surface area (Å²) in [5.74, 6) is -0.195. The van der Waals surface area contributed by atoms with Crippen LogP contribution in [0.2, 0.25) is 0 Å². The Morgan fingerprint density at radius 3 is 3.12 bits per heavy atom. The fraction of sp³-hybridized carbons (Fsp3) is 0.200. The van der Waals surface area contributed by atoms with Gasteiger partial charge in [0.15, 0.2) is 5.69 Å². The number of fused-ring (bicyclic) bond motifs is 2. The molecule has 0 radical (unpaired) electrons. The van der Waals surface area contributed by atoms with Gasteiger partial charge in [0.1, 0.15) is 6.26 Å². The number of anilines is 1. The van der Waals surface area contributed by atoms with Crippen LogP contribution in [0.5, 0.6) is 0 Å². The van der Waals surface area contributed by atoms with Gasteiger partial charge in [0, 0.05) is 17.3 Å². The van der Waals surface area contributed by atoms with Crippen molar-refractivity contribution < 1.29 is 9.32 Å². The van der Waals surface area contributed by atoms with Crippen LogP contribution in [0.1, 0.15) is 21.6 Å². The molecule has 0 saturated heterocycles. The summed E-state index contributed by atoms with van der Waals surface area (Å²) in [5, 5.41) is 6.13. The van der Waals surface area contributed by atoms with E-state index in [4.69, 9.17) is 4.52 Å². The molecule has 2 aromatic rings. The molecule has 0 spiro atoms. The number of rotatable bonds is 0. The first-order chi connectivity index (χ1) is 8.16. The maximum absolute atomic E-state index is 11.9. The molecule has 17 heavy (non-hydrogen) atoms. The van der Waals surface area contributed by atoms with Crippen LogP contribution in [-0.2, 0) is 6.54 Å². The zero-order valence-electron chi connectivity index (χ0n) is 8.93. The number of nitrogens with zero attached hydrogens (tertiary/aromatic N) is 3. The van der Waals surface area contributed by atoms with Gasteiger partial charge in [0.05, 0.1) is 6.54 Å². The maximum atomic E-state index is 11.9. The van der Waals surface area contributed by atoms with E-state index in [1.54, 1.807) is 6.92 Å². The minimum atomic E-state index is -0.421. The molecule has 7 heteroatoms. The molecule has 3 rings (SSSR count). The topological polar surface area (TPSA) is 90.0 Å². The molecule has 0 aromatic carbocycles. The molecule has 1 aliphatic rings. The van der Waals surface area contributed by atoms with Crippen molar-refractivity contribution in [2.45, 2.75) is 13.5 Å². The molecular weight excluding hydrogens is 224 g/mol. The van der Waals surface area contributed by atoms with Gasteiger partial charge < -0.3 is 4.52 Å². The first-order valence-electron chi connectivity index (χ1n) is 4.98. The summed E-state index contributed by atoms with van der Waals surface area (Å²) < 4.78 is 6.12. The number of nitrogens with one attached hydrogen (secondary N) is 1. The highest BCUT2D eigenvalue weighted by Gasteiger charge is 2.24. The summed E-state index contributed by atoms with van der Waals surface area (Å²) in [6.07, 6.45) is 2.79. The van der Waals surface area contributed by atoms with Crippen molar-refractivity contribution in [2.75, 3.05) is 5.32 Å². The second-order valence-electron chi connectivity index (χ2n) is 3.80. The molecular formula is C10H8N4O3. The van der Waals surface area contributed by atoms with Gasteiger partial charge in [-0.05, 0) is 6.92 Å². The van der Waals surface area contributed by atoms with E-state index in [1.165, 1.54) is 17.0 Å². The van der Waals surface area contributed by atoms with E-state index in [2.05, 4.69) is 15.5 Å². The van der Waals surface area contributed by atoms with Crippen LogP contribution in [0, 0.1) is 6.92 Å². The van der Waals surface area contributed by atoms with Gasteiger partial charge in [-0.15, -0.1) is 0 Å². The van der Waals surface area contributed by atoms with Crippen molar-refractivity contribution >= 4 is 11.9 Å². The van der Waals surface area contributed by atoms with E-state index in [1.807, 2.05) is 0 Å². The third-order valence-corrected chi connectivity index (χ3v) is 2.63. The van der Waals surface area contributed by atoms with Crippen molar-refractivity contribution in [3.63, 3.8) is 0 Å². The third kappa shape index (κ3) is 1.36. The minimum absolute atomic E-state index is 0.188. The molecule has 0 saturated carbocycles. The van der Waals surface area contributed by atoms with Gasteiger partial charge in [0.25, 0.3) is 11.5 Å². The highest BCUT2D eigenvalue weighted by molar-refractivity contribution is 6.03. The van der Waals surface area contributed by atoms with E-state index in [9.17, 15) is 9.59 Å².